The minimum absolute atomic E-state index is 0.0857. The van der Waals surface area contributed by atoms with Crippen LogP contribution in [-0.2, 0) is 6.54 Å². The highest BCUT2D eigenvalue weighted by molar-refractivity contribution is 6.30. The molecule has 1 unspecified atom stereocenters. The maximum absolute atomic E-state index is 9.11. The van der Waals surface area contributed by atoms with E-state index in [2.05, 4.69) is 11.2 Å². The Morgan fingerprint density at radius 2 is 2.26 bits per heavy atom. The van der Waals surface area contributed by atoms with Gasteiger partial charge in [0.2, 0.25) is 0 Å². The Morgan fingerprint density at radius 1 is 1.47 bits per heavy atom. The smallest absolute Gasteiger partial charge is 0.0998 e. The SMILES string of the molecule is CCC(N)Cn1ccc(-c2cc(Cl)ccc2C#N)n1. The molecule has 0 aliphatic rings. The second-order valence-corrected chi connectivity index (χ2v) is 4.83. The van der Waals surface area contributed by atoms with Gasteiger partial charge in [0.15, 0.2) is 0 Å². The highest BCUT2D eigenvalue weighted by Crippen LogP contribution is 2.25. The monoisotopic (exact) mass is 274 g/mol. The van der Waals surface area contributed by atoms with Gasteiger partial charge in [0, 0.05) is 22.8 Å². The Labute approximate surface area is 117 Å². The van der Waals surface area contributed by atoms with Crippen LogP contribution in [0.25, 0.3) is 11.3 Å². The summed E-state index contributed by atoms with van der Waals surface area (Å²) >= 11 is 5.97. The van der Waals surface area contributed by atoms with Crippen molar-refractivity contribution >= 4 is 11.6 Å². The molecule has 0 bridgehead atoms. The van der Waals surface area contributed by atoms with E-state index in [1.165, 1.54) is 0 Å². The van der Waals surface area contributed by atoms with E-state index < -0.39 is 0 Å². The van der Waals surface area contributed by atoms with Crippen LogP contribution in [0.5, 0.6) is 0 Å². The minimum atomic E-state index is 0.0857. The van der Waals surface area contributed by atoms with E-state index in [0.29, 0.717) is 17.1 Å². The second-order valence-electron chi connectivity index (χ2n) is 4.39. The van der Waals surface area contributed by atoms with Crippen molar-refractivity contribution in [3.63, 3.8) is 0 Å². The van der Waals surface area contributed by atoms with Crippen molar-refractivity contribution in [2.45, 2.75) is 25.9 Å². The summed E-state index contributed by atoms with van der Waals surface area (Å²) < 4.78 is 1.80. The van der Waals surface area contributed by atoms with Gasteiger partial charge in [-0.15, -0.1) is 0 Å². The number of hydrogen-bond donors (Lipinski definition) is 1. The van der Waals surface area contributed by atoms with Gasteiger partial charge in [-0.1, -0.05) is 18.5 Å². The number of nitriles is 1. The molecule has 0 fully saturated rings. The first kappa shape index (κ1) is 13.6. The number of hydrogen-bond acceptors (Lipinski definition) is 3. The van der Waals surface area contributed by atoms with Crippen molar-refractivity contribution in [2.24, 2.45) is 5.73 Å². The Bertz CT molecular complexity index is 612. The van der Waals surface area contributed by atoms with Gasteiger partial charge in [-0.05, 0) is 30.7 Å². The molecule has 1 atom stereocenters. The molecule has 98 valence electrons. The molecule has 0 aliphatic carbocycles. The number of halogens is 1. The molecule has 0 saturated heterocycles. The van der Waals surface area contributed by atoms with E-state index in [9.17, 15) is 0 Å². The van der Waals surface area contributed by atoms with E-state index in [1.54, 1.807) is 22.9 Å². The largest absolute Gasteiger partial charge is 0.326 e. The predicted octanol–water partition coefficient (Wildman–Crippen LogP) is 2.81. The Balaban J connectivity index is 2.33. The predicted molar refractivity (Wildman–Crippen MR) is 75.7 cm³/mol. The molecule has 0 radical (unpaired) electrons. The van der Waals surface area contributed by atoms with E-state index in [4.69, 9.17) is 22.6 Å². The lowest BCUT2D eigenvalue weighted by Crippen LogP contribution is -2.25. The van der Waals surface area contributed by atoms with Gasteiger partial charge in [0.25, 0.3) is 0 Å². The number of nitrogens with two attached hydrogens (primary N) is 1. The lowest BCUT2D eigenvalue weighted by molar-refractivity contribution is 0.501. The van der Waals surface area contributed by atoms with Gasteiger partial charge >= 0.3 is 0 Å². The molecule has 0 amide bonds. The van der Waals surface area contributed by atoms with Crippen molar-refractivity contribution in [2.75, 3.05) is 0 Å². The van der Waals surface area contributed by atoms with Gasteiger partial charge in [-0.3, -0.25) is 4.68 Å². The van der Waals surface area contributed by atoms with Crippen LogP contribution < -0.4 is 5.73 Å². The van der Waals surface area contributed by atoms with E-state index in [-0.39, 0.29) is 6.04 Å². The Morgan fingerprint density at radius 3 is 2.95 bits per heavy atom. The Kier molecular flexibility index (Phi) is 4.20. The molecule has 2 N–H and O–H groups in total. The van der Waals surface area contributed by atoms with Gasteiger partial charge in [0.1, 0.15) is 0 Å². The highest BCUT2D eigenvalue weighted by Gasteiger charge is 2.10. The van der Waals surface area contributed by atoms with Crippen LogP contribution in [0.3, 0.4) is 0 Å². The molecule has 2 aromatic rings. The van der Waals surface area contributed by atoms with Gasteiger partial charge in [-0.2, -0.15) is 10.4 Å². The zero-order valence-electron chi connectivity index (χ0n) is 10.7. The molecule has 0 aliphatic heterocycles. The fourth-order valence-corrected chi connectivity index (χ4v) is 1.97. The third-order valence-electron chi connectivity index (χ3n) is 2.96. The third kappa shape index (κ3) is 3.14. The van der Waals surface area contributed by atoms with Crippen molar-refractivity contribution in [1.29, 1.82) is 5.26 Å². The zero-order valence-corrected chi connectivity index (χ0v) is 11.4. The van der Waals surface area contributed by atoms with Crippen LogP contribution in [0.2, 0.25) is 5.02 Å². The first-order valence-corrected chi connectivity index (χ1v) is 6.51. The summed E-state index contributed by atoms with van der Waals surface area (Å²) in [5, 5.41) is 14.1. The van der Waals surface area contributed by atoms with E-state index >= 15 is 0 Å². The molecular weight excluding hydrogens is 260 g/mol. The molecule has 0 saturated carbocycles. The van der Waals surface area contributed by atoms with E-state index in [0.717, 1.165) is 17.7 Å². The van der Waals surface area contributed by atoms with Gasteiger partial charge < -0.3 is 5.73 Å². The topological polar surface area (TPSA) is 67.6 Å². The summed E-state index contributed by atoms with van der Waals surface area (Å²) in [4.78, 5) is 0. The van der Waals surface area contributed by atoms with Crippen LogP contribution in [0.15, 0.2) is 30.5 Å². The molecule has 19 heavy (non-hydrogen) atoms. The van der Waals surface area contributed by atoms with Crippen LogP contribution in [0.4, 0.5) is 0 Å². The lowest BCUT2D eigenvalue weighted by atomic mass is 10.1. The number of aromatic nitrogens is 2. The minimum Gasteiger partial charge on any atom is -0.326 e. The first-order valence-electron chi connectivity index (χ1n) is 6.13. The number of benzene rings is 1. The van der Waals surface area contributed by atoms with Gasteiger partial charge in [0.05, 0.1) is 23.9 Å². The van der Waals surface area contributed by atoms with Crippen LogP contribution >= 0.6 is 11.6 Å². The maximum atomic E-state index is 9.11. The first-order chi connectivity index (χ1) is 9.13. The fraction of sp³-hybridized carbons (Fsp3) is 0.286. The zero-order chi connectivity index (χ0) is 13.8. The lowest BCUT2D eigenvalue weighted by Gasteiger charge is -2.08. The number of rotatable bonds is 4. The average molecular weight is 275 g/mol. The number of nitrogens with zero attached hydrogens (tertiary/aromatic N) is 3. The summed E-state index contributed by atoms with van der Waals surface area (Å²) in [5.74, 6) is 0. The summed E-state index contributed by atoms with van der Waals surface area (Å²) in [6.07, 6.45) is 2.77. The molecule has 1 heterocycles. The summed E-state index contributed by atoms with van der Waals surface area (Å²) in [7, 11) is 0. The molecule has 5 heteroatoms. The van der Waals surface area contributed by atoms with Crippen molar-refractivity contribution < 1.29 is 0 Å². The van der Waals surface area contributed by atoms with Crippen molar-refractivity contribution in [3.05, 3.63) is 41.0 Å². The molecular formula is C14H15ClN4. The van der Waals surface area contributed by atoms with Crippen molar-refractivity contribution in [1.82, 2.24) is 9.78 Å². The third-order valence-corrected chi connectivity index (χ3v) is 3.20. The second kappa shape index (κ2) is 5.87. The average Bonchev–Trinajstić information content (AvgIpc) is 2.86. The Hall–Kier alpha value is -1.83. The van der Waals surface area contributed by atoms with Crippen LogP contribution in [-0.4, -0.2) is 15.8 Å². The highest BCUT2D eigenvalue weighted by atomic mass is 35.5. The van der Waals surface area contributed by atoms with Crippen LogP contribution in [0, 0.1) is 11.3 Å². The van der Waals surface area contributed by atoms with Gasteiger partial charge in [-0.25, -0.2) is 0 Å². The molecule has 1 aromatic carbocycles. The maximum Gasteiger partial charge on any atom is 0.0998 e. The van der Waals surface area contributed by atoms with Crippen molar-refractivity contribution in [3.8, 4) is 17.3 Å². The standard InChI is InChI=1S/C14H15ClN4/c1-2-12(17)9-19-6-5-14(18-19)13-7-11(15)4-3-10(13)8-16/h3-7,12H,2,9,17H2,1H3. The fourth-order valence-electron chi connectivity index (χ4n) is 1.80. The molecule has 1 aromatic heterocycles. The molecule has 0 spiro atoms. The van der Waals surface area contributed by atoms with Crippen LogP contribution in [0.1, 0.15) is 18.9 Å². The van der Waals surface area contributed by atoms with E-state index in [1.807, 2.05) is 19.2 Å². The molecule has 2 rings (SSSR count). The quantitative estimate of drug-likeness (QED) is 0.932. The summed E-state index contributed by atoms with van der Waals surface area (Å²) in [6, 6.07) is 9.27. The molecule has 4 nitrogen and oxygen atoms in total. The summed E-state index contributed by atoms with van der Waals surface area (Å²) in [5.41, 5.74) is 7.95. The summed E-state index contributed by atoms with van der Waals surface area (Å²) in [6.45, 7) is 2.71. The normalized spacial score (nSPS) is 12.1.